The Kier molecular flexibility index (Phi) is 11.3. The molecule has 1 aliphatic heterocycles. The summed E-state index contributed by atoms with van der Waals surface area (Å²) in [5.74, 6) is 3.12. The van der Waals surface area contributed by atoms with Crippen molar-refractivity contribution in [2.24, 2.45) is 10.9 Å². The number of thiazole rings is 1. The molecule has 0 unspecified atom stereocenters. The molecule has 0 fully saturated rings. The molecule has 0 aliphatic carbocycles. The third kappa shape index (κ3) is 8.43. The lowest BCUT2D eigenvalue weighted by atomic mass is 9.99. The Hall–Kier alpha value is -3.45. The Balaban J connectivity index is 0.000000154. The molecule has 0 spiro atoms. The van der Waals surface area contributed by atoms with Gasteiger partial charge in [0.15, 0.2) is 5.65 Å². The lowest BCUT2D eigenvalue weighted by Gasteiger charge is -2.09. The average molecular weight is 625 g/mol. The van der Waals surface area contributed by atoms with Gasteiger partial charge in [0.05, 0.1) is 27.7 Å². The van der Waals surface area contributed by atoms with Gasteiger partial charge in [0.2, 0.25) is 0 Å². The van der Waals surface area contributed by atoms with Gasteiger partial charge in [-0.1, -0.05) is 83.1 Å². The molecule has 0 amide bonds. The summed E-state index contributed by atoms with van der Waals surface area (Å²) in [4.78, 5) is 25.8. The lowest BCUT2D eigenvalue weighted by molar-refractivity contribution is 0.835. The number of hydrogen-bond donors (Lipinski definition) is 1. The molecule has 1 aliphatic rings. The van der Waals surface area contributed by atoms with Gasteiger partial charge in [-0.2, -0.15) is 0 Å². The summed E-state index contributed by atoms with van der Waals surface area (Å²) in [5, 5.41) is 2.41. The highest BCUT2D eigenvalue weighted by atomic mass is 32.1. The van der Waals surface area contributed by atoms with E-state index in [0.29, 0.717) is 35.5 Å². The van der Waals surface area contributed by atoms with E-state index in [2.05, 4.69) is 137 Å². The highest BCUT2D eigenvalue weighted by Gasteiger charge is 2.20. The first-order valence-electron chi connectivity index (χ1n) is 16.5. The van der Waals surface area contributed by atoms with Gasteiger partial charge in [0.25, 0.3) is 0 Å². The van der Waals surface area contributed by atoms with Crippen LogP contribution in [0.2, 0.25) is 0 Å². The molecule has 6 heterocycles. The maximum Gasteiger partial charge on any atom is 0.170 e. The first kappa shape index (κ1) is 34.4. The first-order valence-corrected chi connectivity index (χ1v) is 17.3. The summed E-state index contributed by atoms with van der Waals surface area (Å²) in [7, 11) is 0. The number of aromatic nitrogens is 5. The number of pyridine rings is 3. The summed E-state index contributed by atoms with van der Waals surface area (Å²) in [5.41, 5.74) is 10.7. The van der Waals surface area contributed by atoms with Gasteiger partial charge in [-0.05, 0) is 70.5 Å². The second-order valence-corrected chi connectivity index (χ2v) is 15.0. The van der Waals surface area contributed by atoms with Crippen molar-refractivity contribution in [2.75, 3.05) is 0 Å². The highest BCUT2D eigenvalue weighted by molar-refractivity contribution is 7.18. The van der Waals surface area contributed by atoms with Gasteiger partial charge >= 0.3 is 0 Å². The molecule has 0 saturated heterocycles. The van der Waals surface area contributed by atoms with E-state index in [-0.39, 0.29) is 0 Å². The fourth-order valence-corrected chi connectivity index (χ4v) is 5.97. The van der Waals surface area contributed by atoms with Crippen LogP contribution in [-0.4, -0.2) is 30.6 Å². The summed E-state index contributed by atoms with van der Waals surface area (Å²) in [6.07, 6.45) is 5.90. The van der Waals surface area contributed by atoms with Crippen molar-refractivity contribution < 1.29 is 0 Å². The van der Waals surface area contributed by atoms with Crippen LogP contribution in [0.25, 0.3) is 21.4 Å². The Morgan fingerprint density at radius 1 is 0.622 bits per heavy atom. The number of nitrogens with zero attached hydrogens (tertiary/aromatic N) is 5. The van der Waals surface area contributed by atoms with E-state index in [1.807, 2.05) is 18.6 Å². The first-order chi connectivity index (χ1) is 21.2. The van der Waals surface area contributed by atoms with Crippen LogP contribution in [0.4, 0.5) is 0 Å². The van der Waals surface area contributed by atoms with Crippen LogP contribution < -0.4 is 0 Å². The zero-order chi connectivity index (χ0) is 33.0. The molecule has 5 aromatic rings. The van der Waals surface area contributed by atoms with Crippen LogP contribution >= 0.6 is 11.3 Å². The SMILES string of the molecule is CC(C)C1=NCc2cc(C(C)C)cnc21.CC(C)c1cnc2[nH]c(C(C)C)cc2c1.CC(C)c1cnc2nc(C(C)C)sc2c1. The number of aromatic amines is 1. The molecular weight excluding hydrogens is 573 g/mol. The molecule has 5 aromatic heterocycles. The second kappa shape index (κ2) is 14.8. The Bertz CT molecular complexity index is 1650. The minimum absolute atomic E-state index is 0.476. The fourth-order valence-electron chi connectivity index (χ4n) is 4.99. The lowest BCUT2D eigenvalue weighted by Crippen LogP contribution is -2.09. The standard InChI is InChI=1S/2C13H18N2.C12H16N2S/c1-8(2)11-5-10-6-12(9(3)4)15-13(10)14-7-11;1-8(2)10-5-11-7-14-12(9(3)4)13(11)15-6-10;1-7(2)9-5-10-11(13-6-9)14-12(15-10)8(3)4/h5-9H,1-4H3,(H,14,15);5-6,8-9H,7H2,1-4H3;5-8H,1-4H3. The molecule has 0 radical (unpaired) electrons. The third-order valence-corrected chi connectivity index (χ3v) is 9.40. The van der Waals surface area contributed by atoms with Gasteiger partial charge in [0.1, 0.15) is 5.65 Å². The zero-order valence-electron chi connectivity index (χ0n) is 29.4. The number of aliphatic imine (C=N–C) groups is 1. The van der Waals surface area contributed by atoms with Crippen LogP contribution in [0.5, 0.6) is 0 Å². The number of H-pyrrole nitrogens is 1. The van der Waals surface area contributed by atoms with E-state index in [0.717, 1.165) is 23.5 Å². The van der Waals surface area contributed by atoms with E-state index in [1.165, 1.54) is 48.8 Å². The Labute approximate surface area is 274 Å². The van der Waals surface area contributed by atoms with Gasteiger partial charge in [-0.3, -0.25) is 9.98 Å². The predicted octanol–water partition coefficient (Wildman–Crippen LogP) is 10.9. The van der Waals surface area contributed by atoms with Crippen molar-refractivity contribution in [3.8, 4) is 0 Å². The molecule has 6 nitrogen and oxygen atoms in total. The monoisotopic (exact) mass is 624 g/mol. The van der Waals surface area contributed by atoms with E-state index in [9.17, 15) is 0 Å². The van der Waals surface area contributed by atoms with Gasteiger partial charge in [0, 0.05) is 41.2 Å². The van der Waals surface area contributed by atoms with E-state index < -0.39 is 0 Å². The molecule has 0 bridgehead atoms. The molecule has 0 saturated carbocycles. The van der Waals surface area contributed by atoms with Gasteiger partial charge < -0.3 is 4.98 Å². The maximum absolute atomic E-state index is 4.56. The molecule has 45 heavy (non-hydrogen) atoms. The highest BCUT2D eigenvalue weighted by Crippen LogP contribution is 2.28. The maximum atomic E-state index is 4.56. The minimum atomic E-state index is 0.476. The smallest absolute Gasteiger partial charge is 0.170 e. The zero-order valence-corrected chi connectivity index (χ0v) is 30.2. The molecule has 0 atom stereocenters. The molecule has 6 rings (SSSR count). The number of rotatable bonds is 6. The molecular formula is C38H52N6S. The summed E-state index contributed by atoms with van der Waals surface area (Å²) >= 11 is 1.76. The van der Waals surface area contributed by atoms with Crippen molar-refractivity contribution in [3.05, 3.63) is 81.5 Å². The van der Waals surface area contributed by atoms with E-state index in [4.69, 9.17) is 0 Å². The normalized spacial score (nSPS) is 12.8. The van der Waals surface area contributed by atoms with Crippen molar-refractivity contribution in [2.45, 2.75) is 119 Å². The summed E-state index contributed by atoms with van der Waals surface area (Å²) in [6.45, 7) is 27.0. The minimum Gasteiger partial charge on any atom is -0.343 e. The average Bonchev–Trinajstić information content (AvgIpc) is 3.73. The molecule has 0 aromatic carbocycles. The molecule has 240 valence electrons. The summed E-state index contributed by atoms with van der Waals surface area (Å²) in [6, 6.07) is 8.91. The van der Waals surface area contributed by atoms with Crippen molar-refractivity contribution in [1.29, 1.82) is 0 Å². The van der Waals surface area contributed by atoms with Crippen LogP contribution in [0.1, 0.15) is 151 Å². The van der Waals surface area contributed by atoms with Crippen molar-refractivity contribution >= 4 is 38.4 Å². The van der Waals surface area contributed by atoms with Crippen molar-refractivity contribution in [1.82, 2.24) is 24.9 Å². The molecule has 1 N–H and O–H groups in total. The Morgan fingerprint density at radius 2 is 1.22 bits per heavy atom. The Morgan fingerprint density at radius 3 is 1.82 bits per heavy atom. The van der Waals surface area contributed by atoms with Crippen LogP contribution in [0, 0.1) is 5.92 Å². The summed E-state index contributed by atoms with van der Waals surface area (Å²) < 4.78 is 1.21. The van der Waals surface area contributed by atoms with E-state index >= 15 is 0 Å². The van der Waals surface area contributed by atoms with Crippen LogP contribution in [0.15, 0.2) is 47.8 Å². The molecule has 7 heteroatoms. The topological polar surface area (TPSA) is 79.7 Å². The third-order valence-electron chi connectivity index (χ3n) is 8.11. The predicted molar refractivity (Wildman–Crippen MR) is 193 cm³/mol. The van der Waals surface area contributed by atoms with Crippen LogP contribution in [0.3, 0.4) is 0 Å². The number of nitrogens with one attached hydrogen (secondary N) is 1. The second-order valence-electron chi connectivity index (χ2n) is 14.0. The number of fused-ring (bicyclic) bond motifs is 3. The quantitative estimate of drug-likeness (QED) is 0.204. The fraction of sp³-hybridized carbons (Fsp3) is 0.500. The van der Waals surface area contributed by atoms with Crippen LogP contribution in [-0.2, 0) is 6.54 Å². The van der Waals surface area contributed by atoms with Gasteiger partial charge in [-0.15, -0.1) is 11.3 Å². The van der Waals surface area contributed by atoms with Gasteiger partial charge in [-0.25, -0.2) is 15.0 Å². The van der Waals surface area contributed by atoms with Crippen molar-refractivity contribution in [3.63, 3.8) is 0 Å². The number of hydrogen-bond acceptors (Lipinski definition) is 6. The van der Waals surface area contributed by atoms with E-state index in [1.54, 1.807) is 11.3 Å². The largest absolute Gasteiger partial charge is 0.343 e.